The average Bonchev–Trinajstić information content (AvgIpc) is 2.29. The minimum Gasteiger partial charge on any atom is -0.496 e. The van der Waals surface area contributed by atoms with Crippen molar-refractivity contribution in [1.82, 2.24) is 0 Å². The molecule has 0 fully saturated rings. The summed E-state index contributed by atoms with van der Waals surface area (Å²) in [7, 11) is 1.55. The van der Waals surface area contributed by atoms with E-state index in [4.69, 9.17) is 21.6 Å². The van der Waals surface area contributed by atoms with Crippen LogP contribution in [0.2, 0.25) is 5.02 Å². The second kappa shape index (κ2) is 5.20. The lowest BCUT2D eigenvalue weighted by molar-refractivity contribution is -0.123. The maximum Gasteiger partial charge on any atom is 0.150 e. The van der Waals surface area contributed by atoms with Crippen LogP contribution in [0.1, 0.15) is 19.4 Å². The highest BCUT2D eigenvalue weighted by molar-refractivity contribution is 6.30. The zero-order valence-corrected chi connectivity index (χ0v) is 10.8. The van der Waals surface area contributed by atoms with Gasteiger partial charge in [0, 0.05) is 11.4 Å². The number of benzene rings is 1. The first-order valence-electron chi connectivity index (χ1n) is 5.17. The van der Waals surface area contributed by atoms with Gasteiger partial charge in [0.1, 0.15) is 16.9 Å². The fourth-order valence-electron chi connectivity index (χ4n) is 1.51. The number of nitrogens with zero attached hydrogens (tertiary/aromatic N) is 1. The van der Waals surface area contributed by atoms with Gasteiger partial charge in [0.15, 0.2) is 0 Å². The average molecular weight is 252 g/mol. The van der Waals surface area contributed by atoms with Gasteiger partial charge in [0.2, 0.25) is 0 Å². The normalized spacial score (nSPS) is 13.6. The van der Waals surface area contributed by atoms with Gasteiger partial charge in [-0.05, 0) is 37.6 Å². The molecule has 17 heavy (non-hydrogen) atoms. The Hall–Kier alpha value is -1.53. The van der Waals surface area contributed by atoms with Gasteiger partial charge < -0.3 is 4.74 Å². The van der Waals surface area contributed by atoms with Crippen LogP contribution < -0.4 is 4.74 Å². The standard InChI is InChI=1S/C13H14ClNO2/c1-9(16)13(2,8-15)7-10-6-11(14)4-5-12(10)17-3/h4-6H,7H2,1-3H3. The van der Waals surface area contributed by atoms with Crippen molar-refractivity contribution >= 4 is 17.4 Å². The molecule has 0 amide bonds. The number of halogens is 1. The number of rotatable bonds is 4. The van der Waals surface area contributed by atoms with Gasteiger partial charge >= 0.3 is 0 Å². The third-order valence-corrected chi connectivity index (χ3v) is 3.05. The summed E-state index contributed by atoms with van der Waals surface area (Å²) in [5, 5.41) is 9.67. The van der Waals surface area contributed by atoms with Crippen LogP contribution in [-0.2, 0) is 11.2 Å². The SMILES string of the molecule is COc1ccc(Cl)cc1CC(C)(C#N)C(C)=O. The second-order valence-electron chi connectivity index (χ2n) is 4.13. The molecule has 1 atom stereocenters. The molecule has 0 aliphatic rings. The number of ketones is 1. The van der Waals surface area contributed by atoms with Crippen molar-refractivity contribution in [2.75, 3.05) is 7.11 Å². The van der Waals surface area contributed by atoms with Crippen molar-refractivity contribution in [3.63, 3.8) is 0 Å². The topological polar surface area (TPSA) is 50.1 Å². The van der Waals surface area contributed by atoms with E-state index in [1.807, 2.05) is 6.07 Å². The highest BCUT2D eigenvalue weighted by atomic mass is 35.5. The number of hydrogen-bond acceptors (Lipinski definition) is 3. The third kappa shape index (κ3) is 2.98. The summed E-state index contributed by atoms with van der Waals surface area (Å²) in [4.78, 5) is 11.5. The summed E-state index contributed by atoms with van der Waals surface area (Å²) in [5.74, 6) is 0.471. The number of carbonyl (C=O) groups excluding carboxylic acids is 1. The molecule has 90 valence electrons. The van der Waals surface area contributed by atoms with E-state index in [9.17, 15) is 4.79 Å². The molecular weight excluding hydrogens is 238 g/mol. The number of nitriles is 1. The molecule has 0 saturated carbocycles. The van der Waals surface area contributed by atoms with E-state index >= 15 is 0 Å². The van der Waals surface area contributed by atoms with E-state index in [-0.39, 0.29) is 5.78 Å². The fraction of sp³-hybridized carbons (Fsp3) is 0.385. The molecule has 0 heterocycles. The molecule has 1 rings (SSSR count). The summed E-state index contributed by atoms with van der Waals surface area (Å²) in [6, 6.07) is 7.21. The first kappa shape index (κ1) is 13.5. The molecule has 0 saturated heterocycles. The number of methoxy groups -OCH3 is 1. The van der Waals surface area contributed by atoms with Crippen LogP contribution in [0.5, 0.6) is 5.75 Å². The second-order valence-corrected chi connectivity index (χ2v) is 4.57. The molecule has 0 spiro atoms. The molecule has 3 nitrogen and oxygen atoms in total. The van der Waals surface area contributed by atoms with E-state index in [1.165, 1.54) is 6.92 Å². The molecule has 0 bridgehead atoms. The maximum absolute atomic E-state index is 11.5. The van der Waals surface area contributed by atoms with Gasteiger partial charge in [0.05, 0.1) is 13.2 Å². The minimum atomic E-state index is -1.04. The van der Waals surface area contributed by atoms with E-state index < -0.39 is 5.41 Å². The molecule has 4 heteroatoms. The molecule has 0 aromatic heterocycles. The number of Topliss-reactive ketones (excluding diaryl/α,β-unsaturated/α-hetero) is 1. The summed E-state index contributed by atoms with van der Waals surface area (Å²) in [5.41, 5.74) is -0.280. The summed E-state index contributed by atoms with van der Waals surface area (Å²) in [6.45, 7) is 3.04. The summed E-state index contributed by atoms with van der Waals surface area (Å²) in [6.07, 6.45) is 0.294. The molecule has 1 aromatic rings. The van der Waals surface area contributed by atoms with Crippen LogP contribution in [0, 0.1) is 16.7 Å². The first-order valence-corrected chi connectivity index (χ1v) is 5.55. The van der Waals surface area contributed by atoms with Crippen molar-refractivity contribution in [3.05, 3.63) is 28.8 Å². The fourth-order valence-corrected chi connectivity index (χ4v) is 1.70. The Balaban J connectivity index is 3.14. The van der Waals surface area contributed by atoms with Crippen LogP contribution in [0.25, 0.3) is 0 Å². The number of hydrogen-bond donors (Lipinski definition) is 0. The minimum absolute atomic E-state index is 0.165. The smallest absolute Gasteiger partial charge is 0.150 e. The Bertz CT molecular complexity index is 479. The predicted octanol–water partition coefficient (Wildman–Crippen LogP) is 3.01. The summed E-state index contributed by atoms with van der Waals surface area (Å²) >= 11 is 5.90. The van der Waals surface area contributed by atoms with Crippen LogP contribution >= 0.6 is 11.6 Å². The lowest BCUT2D eigenvalue weighted by Crippen LogP contribution is -2.26. The van der Waals surface area contributed by atoms with Crippen LogP contribution in [0.4, 0.5) is 0 Å². The van der Waals surface area contributed by atoms with Crippen molar-refractivity contribution < 1.29 is 9.53 Å². The predicted molar refractivity (Wildman–Crippen MR) is 66.1 cm³/mol. The highest BCUT2D eigenvalue weighted by Crippen LogP contribution is 2.30. The van der Waals surface area contributed by atoms with Crippen molar-refractivity contribution in [2.45, 2.75) is 20.3 Å². The van der Waals surface area contributed by atoms with Gasteiger partial charge in [-0.2, -0.15) is 5.26 Å². The molecular formula is C13H14ClNO2. The Morgan fingerprint density at radius 3 is 2.71 bits per heavy atom. The van der Waals surface area contributed by atoms with Gasteiger partial charge in [0.25, 0.3) is 0 Å². The van der Waals surface area contributed by atoms with Crippen LogP contribution in [0.15, 0.2) is 18.2 Å². The molecule has 1 aromatic carbocycles. The lowest BCUT2D eigenvalue weighted by atomic mass is 9.81. The summed E-state index contributed by atoms with van der Waals surface area (Å²) < 4.78 is 5.19. The van der Waals surface area contributed by atoms with Crippen molar-refractivity contribution in [2.24, 2.45) is 5.41 Å². The van der Waals surface area contributed by atoms with Gasteiger partial charge in [-0.15, -0.1) is 0 Å². The van der Waals surface area contributed by atoms with E-state index in [2.05, 4.69) is 0 Å². The first-order chi connectivity index (χ1) is 7.92. The van der Waals surface area contributed by atoms with Crippen molar-refractivity contribution in [1.29, 1.82) is 5.26 Å². The number of carbonyl (C=O) groups is 1. The van der Waals surface area contributed by atoms with Crippen LogP contribution in [0.3, 0.4) is 0 Å². The molecule has 1 unspecified atom stereocenters. The highest BCUT2D eigenvalue weighted by Gasteiger charge is 2.31. The zero-order chi connectivity index (χ0) is 13.1. The third-order valence-electron chi connectivity index (χ3n) is 2.81. The quantitative estimate of drug-likeness (QED) is 0.827. The molecule has 0 radical (unpaired) electrons. The largest absolute Gasteiger partial charge is 0.496 e. The Morgan fingerprint density at radius 2 is 2.24 bits per heavy atom. The number of ether oxygens (including phenoxy) is 1. The molecule has 0 aliphatic heterocycles. The Labute approximate surface area is 106 Å². The Kier molecular flexibility index (Phi) is 4.14. The van der Waals surface area contributed by atoms with E-state index in [0.29, 0.717) is 17.2 Å². The lowest BCUT2D eigenvalue weighted by Gasteiger charge is -2.19. The van der Waals surface area contributed by atoms with Gasteiger partial charge in [-0.25, -0.2) is 0 Å². The van der Waals surface area contributed by atoms with E-state index in [1.54, 1.807) is 32.2 Å². The molecule has 0 aliphatic carbocycles. The zero-order valence-electron chi connectivity index (χ0n) is 10.1. The molecule has 0 N–H and O–H groups in total. The van der Waals surface area contributed by atoms with E-state index in [0.717, 1.165) is 5.56 Å². The van der Waals surface area contributed by atoms with Gasteiger partial charge in [-0.1, -0.05) is 11.6 Å². The van der Waals surface area contributed by atoms with Crippen molar-refractivity contribution in [3.8, 4) is 11.8 Å². The monoisotopic (exact) mass is 251 g/mol. The van der Waals surface area contributed by atoms with Gasteiger partial charge in [-0.3, -0.25) is 4.79 Å². The van der Waals surface area contributed by atoms with Crippen LogP contribution in [-0.4, -0.2) is 12.9 Å². The maximum atomic E-state index is 11.5. The Morgan fingerprint density at radius 1 is 1.59 bits per heavy atom.